The first-order valence-electron chi connectivity index (χ1n) is 8.99. The number of ether oxygens (including phenoxy) is 3. The molecule has 0 aliphatic rings. The van der Waals surface area contributed by atoms with E-state index in [1.165, 1.54) is 21.3 Å². The molecule has 0 saturated heterocycles. The van der Waals surface area contributed by atoms with Crippen LogP contribution in [0.4, 0.5) is 11.4 Å². The molecule has 7 heteroatoms. The standard InChI is InChI=1S/C22H23N3O4/c1-27-19-12-15(13-20(28-2)21(19)29-3)22(26)25-17-9-7-16(8-10-17)24-14-18-6-4-5-11-23-18/h4-13,24H,14H2,1-3H3,(H,25,26). The minimum atomic E-state index is -0.279. The van der Waals surface area contributed by atoms with Crippen LogP contribution < -0.4 is 24.8 Å². The lowest BCUT2D eigenvalue weighted by molar-refractivity contribution is 0.102. The number of amides is 1. The molecule has 0 atom stereocenters. The van der Waals surface area contributed by atoms with Crippen LogP contribution in [0.25, 0.3) is 0 Å². The van der Waals surface area contributed by atoms with E-state index in [2.05, 4.69) is 15.6 Å². The number of rotatable bonds is 8. The minimum absolute atomic E-state index is 0.279. The Kier molecular flexibility index (Phi) is 6.52. The average Bonchev–Trinajstić information content (AvgIpc) is 2.78. The highest BCUT2D eigenvalue weighted by Gasteiger charge is 2.17. The molecular weight excluding hydrogens is 370 g/mol. The molecule has 2 aromatic carbocycles. The summed E-state index contributed by atoms with van der Waals surface area (Å²) in [5.41, 5.74) is 2.96. The van der Waals surface area contributed by atoms with E-state index in [4.69, 9.17) is 14.2 Å². The molecular formula is C22H23N3O4. The summed E-state index contributed by atoms with van der Waals surface area (Å²) in [5.74, 6) is 1.01. The van der Waals surface area contributed by atoms with Gasteiger partial charge in [0.1, 0.15) is 0 Å². The lowest BCUT2D eigenvalue weighted by Gasteiger charge is -2.14. The predicted octanol–water partition coefficient (Wildman–Crippen LogP) is 3.97. The SMILES string of the molecule is COc1cc(C(=O)Nc2ccc(NCc3ccccn3)cc2)cc(OC)c1OC. The van der Waals surface area contributed by atoms with E-state index in [1.54, 1.807) is 18.3 Å². The third kappa shape index (κ3) is 4.95. The van der Waals surface area contributed by atoms with E-state index in [9.17, 15) is 4.79 Å². The van der Waals surface area contributed by atoms with Gasteiger partial charge in [-0.05, 0) is 48.5 Å². The summed E-state index contributed by atoms with van der Waals surface area (Å²) in [5, 5.41) is 6.16. The number of carbonyl (C=O) groups excluding carboxylic acids is 1. The van der Waals surface area contributed by atoms with Crippen LogP contribution in [-0.4, -0.2) is 32.2 Å². The Bertz CT molecular complexity index is 935. The van der Waals surface area contributed by atoms with Crippen molar-refractivity contribution in [2.45, 2.75) is 6.54 Å². The Morgan fingerprint density at radius 2 is 1.55 bits per heavy atom. The molecule has 0 spiro atoms. The number of aromatic nitrogens is 1. The highest BCUT2D eigenvalue weighted by Crippen LogP contribution is 2.38. The van der Waals surface area contributed by atoms with Crippen LogP contribution in [0.3, 0.4) is 0 Å². The summed E-state index contributed by atoms with van der Waals surface area (Å²) in [7, 11) is 4.54. The zero-order chi connectivity index (χ0) is 20.6. The van der Waals surface area contributed by atoms with Gasteiger partial charge in [0.2, 0.25) is 5.75 Å². The average molecular weight is 393 g/mol. The number of hydrogen-bond donors (Lipinski definition) is 2. The van der Waals surface area contributed by atoms with Gasteiger partial charge in [-0.1, -0.05) is 6.07 Å². The maximum absolute atomic E-state index is 12.7. The second kappa shape index (κ2) is 9.45. The first-order chi connectivity index (χ1) is 14.1. The Balaban J connectivity index is 1.67. The summed E-state index contributed by atoms with van der Waals surface area (Å²) < 4.78 is 15.9. The molecule has 29 heavy (non-hydrogen) atoms. The number of methoxy groups -OCH3 is 3. The normalized spacial score (nSPS) is 10.2. The van der Waals surface area contributed by atoms with Crippen LogP contribution in [0.2, 0.25) is 0 Å². The van der Waals surface area contributed by atoms with Crippen LogP contribution in [0.15, 0.2) is 60.8 Å². The zero-order valence-corrected chi connectivity index (χ0v) is 16.6. The molecule has 3 aromatic rings. The fraction of sp³-hybridized carbons (Fsp3) is 0.182. The molecule has 0 fully saturated rings. The molecule has 1 aromatic heterocycles. The molecule has 0 aliphatic heterocycles. The second-order valence-corrected chi connectivity index (χ2v) is 6.12. The van der Waals surface area contributed by atoms with E-state index >= 15 is 0 Å². The Morgan fingerprint density at radius 3 is 2.10 bits per heavy atom. The van der Waals surface area contributed by atoms with Gasteiger partial charge in [0.05, 0.1) is 33.6 Å². The van der Waals surface area contributed by atoms with Gasteiger partial charge < -0.3 is 24.8 Å². The van der Waals surface area contributed by atoms with Gasteiger partial charge in [0, 0.05) is 23.1 Å². The lowest BCUT2D eigenvalue weighted by Crippen LogP contribution is -2.12. The van der Waals surface area contributed by atoms with Gasteiger partial charge in [-0.3, -0.25) is 9.78 Å². The van der Waals surface area contributed by atoms with Crippen molar-refractivity contribution >= 4 is 17.3 Å². The summed E-state index contributed by atoms with van der Waals surface area (Å²) in [6.45, 7) is 0.623. The monoisotopic (exact) mass is 393 g/mol. The number of benzene rings is 2. The number of nitrogens with one attached hydrogen (secondary N) is 2. The van der Waals surface area contributed by atoms with Crippen LogP contribution in [0, 0.1) is 0 Å². The van der Waals surface area contributed by atoms with E-state index in [0.29, 0.717) is 35.0 Å². The maximum atomic E-state index is 12.7. The highest BCUT2D eigenvalue weighted by molar-refractivity contribution is 6.05. The first kappa shape index (κ1) is 20.0. The van der Waals surface area contributed by atoms with Crippen LogP contribution in [0.1, 0.15) is 16.1 Å². The third-order valence-corrected chi connectivity index (χ3v) is 4.27. The van der Waals surface area contributed by atoms with Crippen molar-refractivity contribution in [3.8, 4) is 17.2 Å². The van der Waals surface area contributed by atoms with Crippen molar-refractivity contribution in [2.75, 3.05) is 32.0 Å². The number of hydrogen-bond acceptors (Lipinski definition) is 6. The van der Waals surface area contributed by atoms with Gasteiger partial charge in [-0.15, -0.1) is 0 Å². The number of pyridine rings is 1. The minimum Gasteiger partial charge on any atom is -0.493 e. The van der Waals surface area contributed by atoms with Crippen molar-refractivity contribution in [1.82, 2.24) is 4.98 Å². The van der Waals surface area contributed by atoms with Gasteiger partial charge in [-0.2, -0.15) is 0 Å². The molecule has 0 unspecified atom stereocenters. The maximum Gasteiger partial charge on any atom is 0.255 e. The number of nitrogens with zero attached hydrogens (tertiary/aromatic N) is 1. The smallest absolute Gasteiger partial charge is 0.255 e. The third-order valence-electron chi connectivity index (χ3n) is 4.27. The van der Waals surface area contributed by atoms with Gasteiger partial charge in [0.15, 0.2) is 11.5 Å². The molecule has 150 valence electrons. The fourth-order valence-electron chi connectivity index (χ4n) is 2.78. The van der Waals surface area contributed by atoms with Crippen molar-refractivity contribution < 1.29 is 19.0 Å². The van der Waals surface area contributed by atoms with Crippen molar-refractivity contribution in [3.05, 3.63) is 72.1 Å². The molecule has 3 rings (SSSR count). The number of carbonyl (C=O) groups is 1. The van der Waals surface area contributed by atoms with Crippen LogP contribution in [0.5, 0.6) is 17.2 Å². The topological polar surface area (TPSA) is 81.7 Å². The van der Waals surface area contributed by atoms with E-state index < -0.39 is 0 Å². The quantitative estimate of drug-likeness (QED) is 0.603. The summed E-state index contributed by atoms with van der Waals surface area (Å²) in [6.07, 6.45) is 1.76. The second-order valence-electron chi connectivity index (χ2n) is 6.12. The summed E-state index contributed by atoms with van der Waals surface area (Å²) in [4.78, 5) is 16.9. The van der Waals surface area contributed by atoms with E-state index in [-0.39, 0.29) is 5.91 Å². The highest BCUT2D eigenvalue weighted by atomic mass is 16.5. The predicted molar refractivity (Wildman–Crippen MR) is 112 cm³/mol. The summed E-state index contributed by atoms with van der Waals surface area (Å²) in [6, 6.07) is 16.5. The first-order valence-corrected chi connectivity index (χ1v) is 8.99. The molecule has 0 aliphatic carbocycles. The Hall–Kier alpha value is -3.74. The zero-order valence-electron chi connectivity index (χ0n) is 16.6. The Morgan fingerprint density at radius 1 is 0.897 bits per heavy atom. The molecule has 7 nitrogen and oxygen atoms in total. The van der Waals surface area contributed by atoms with E-state index in [1.807, 2.05) is 42.5 Å². The van der Waals surface area contributed by atoms with Crippen molar-refractivity contribution in [1.29, 1.82) is 0 Å². The molecule has 1 amide bonds. The molecule has 0 saturated carbocycles. The van der Waals surface area contributed by atoms with Crippen molar-refractivity contribution in [2.24, 2.45) is 0 Å². The van der Waals surface area contributed by atoms with Crippen LogP contribution >= 0.6 is 0 Å². The molecule has 0 bridgehead atoms. The van der Waals surface area contributed by atoms with E-state index in [0.717, 1.165) is 11.4 Å². The number of anilines is 2. The van der Waals surface area contributed by atoms with Gasteiger partial charge in [-0.25, -0.2) is 0 Å². The van der Waals surface area contributed by atoms with Gasteiger partial charge >= 0.3 is 0 Å². The van der Waals surface area contributed by atoms with Crippen molar-refractivity contribution in [3.63, 3.8) is 0 Å². The fourth-order valence-corrected chi connectivity index (χ4v) is 2.78. The Labute approximate surface area is 169 Å². The molecule has 2 N–H and O–H groups in total. The lowest BCUT2D eigenvalue weighted by atomic mass is 10.1. The molecule has 1 heterocycles. The largest absolute Gasteiger partial charge is 0.493 e. The molecule has 0 radical (unpaired) electrons. The van der Waals surface area contributed by atoms with Crippen LogP contribution in [-0.2, 0) is 6.54 Å². The summed E-state index contributed by atoms with van der Waals surface area (Å²) >= 11 is 0. The van der Waals surface area contributed by atoms with Gasteiger partial charge in [0.25, 0.3) is 5.91 Å².